The van der Waals surface area contributed by atoms with Crippen molar-refractivity contribution in [3.63, 3.8) is 0 Å². The van der Waals surface area contributed by atoms with Crippen molar-refractivity contribution in [3.8, 4) is 0 Å². The van der Waals surface area contributed by atoms with Crippen LogP contribution in [0.2, 0.25) is 10.0 Å². The van der Waals surface area contributed by atoms with Gasteiger partial charge in [0.2, 0.25) is 0 Å². The molecule has 0 aliphatic heterocycles. The number of nitrogens with one attached hydrogen (secondary N) is 1. The van der Waals surface area contributed by atoms with Gasteiger partial charge in [0, 0.05) is 11.9 Å². The summed E-state index contributed by atoms with van der Waals surface area (Å²) in [6.07, 6.45) is 2.00. The van der Waals surface area contributed by atoms with Gasteiger partial charge in [0.05, 0.1) is 10.0 Å². The van der Waals surface area contributed by atoms with E-state index >= 15 is 0 Å². The molecule has 0 radical (unpaired) electrons. The number of rotatable bonds is 6. The predicted molar refractivity (Wildman–Crippen MR) is 72.7 cm³/mol. The van der Waals surface area contributed by atoms with E-state index in [1.54, 1.807) is 0 Å². The van der Waals surface area contributed by atoms with Gasteiger partial charge in [-0.25, -0.2) is 0 Å². The van der Waals surface area contributed by atoms with Gasteiger partial charge in [-0.2, -0.15) is 0 Å². The smallest absolute Gasteiger partial charge is 0.0595 e. The van der Waals surface area contributed by atoms with Crippen molar-refractivity contribution in [3.05, 3.63) is 33.8 Å². The van der Waals surface area contributed by atoms with Crippen molar-refractivity contribution in [1.29, 1.82) is 0 Å². The maximum absolute atomic E-state index is 6.01. The van der Waals surface area contributed by atoms with Crippen molar-refractivity contribution in [2.24, 2.45) is 0 Å². The summed E-state index contributed by atoms with van der Waals surface area (Å²) in [5, 5.41) is 4.79. The number of alkyl halides is 1. The molecule has 4 heteroatoms. The van der Waals surface area contributed by atoms with Gasteiger partial charge in [0.1, 0.15) is 0 Å². The normalized spacial score (nSPS) is 12.8. The molecule has 1 aromatic rings. The van der Waals surface area contributed by atoms with Gasteiger partial charge < -0.3 is 5.32 Å². The molecule has 0 bridgehead atoms. The van der Waals surface area contributed by atoms with Crippen molar-refractivity contribution >= 4 is 34.8 Å². The van der Waals surface area contributed by atoms with Gasteiger partial charge in [-0.15, -0.1) is 11.6 Å². The molecule has 0 spiro atoms. The summed E-state index contributed by atoms with van der Waals surface area (Å²) < 4.78 is 0. The van der Waals surface area contributed by atoms with Crippen LogP contribution in [0.3, 0.4) is 0 Å². The van der Waals surface area contributed by atoms with Crippen LogP contribution < -0.4 is 5.32 Å². The van der Waals surface area contributed by atoms with Crippen molar-refractivity contribution in [1.82, 2.24) is 5.32 Å². The summed E-state index contributed by atoms with van der Waals surface area (Å²) in [4.78, 5) is 0. The molecule has 0 heterocycles. The second-order valence-corrected chi connectivity index (χ2v) is 5.15. The first kappa shape index (κ1) is 14.1. The number of benzene rings is 1. The Morgan fingerprint density at radius 3 is 2.62 bits per heavy atom. The van der Waals surface area contributed by atoms with Crippen LogP contribution >= 0.6 is 34.8 Å². The average molecular weight is 281 g/mol. The Morgan fingerprint density at radius 1 is 1.25 bits per heavy atom. The molecule has 90 valence electrons. The van der Waals surface area contributed by atoms with Crippen LogP contribution in [0.25, 0.3) is 0 Å². The number of hydrogen-bond donors (Lipinski definition) is 1. The summed E-state index contributed by atoms with van der Waals surface area (Å²) in [7, 11) is 0. The van der Waals surface area contributed by atoms with E-state index in [-0.39, 0.29) is 5.38 Å². The van der Waals surface area contributed by atoms with Gasteiger partial charge in [-0.05, 0) is 37.1 Å². The van der Waals surface area contributed by atoms with E-state index in [1.165, 1.54) is 0 Å². The quantitative estimate of drug-likeness (QED) is 0.598. The Kier molecular flexibility index (Phi) is 6.52. The predicted octanol–water partition coefficient (Wildman–Crippen LogP) is 4.49. The van der Waals surface area contributed by atoms with E-state index in [1.807, 2.05) is 18.2 Å². The molecule has 0 fully saturated rings. The van der Waals surface area contributed by atoms with E-state index in [2.05, 4.69) is 12.2 Å². The molecule has 1 nitrogen and oxygen atoms in total. The largest absolute Gasteiger partial charge is 0.313 e. The fourth-order valence-corrected chi connectivity index (χ4v) is 1.77. The summed E-state index contributed by atoms with van der Waals surface area (Å²) in [6, 6.07) is 5.67. The lowest BCUT2D eigenvalue weighted by molar-refractivity contribution is 0.622. The highest BCUT2D eigenvalue weighted by molar-refractivity contribution is 6.42. The Morgan fingerprint density at radius 2 is 2.00 bits per heavy atom. The van der Waals surface area contributed by atoms with Crippen molar-refractivity contribution in [2.45, 2.75) is 31.7 Å². The van der Waals surface area contributed by atoms with Crippen LogP contribution in [0.5, 0.6) is 0 Å². The average Bonchev–Trinajstić information content (AvgIpc) is 2.28. The van der Waals surface area contributed by atoms with Crippen LogP contribution in [-0.4, -0.2) is 11.9 Å². The highest BCUT2D eigenvalue weighted by atomic mass is 35.5. The Balaban J connectivity index is 2.29. The monoisotopic (exact) mass is 279 g/mol. The zero-order chi connectivity index (χ0) is 12.0. The molecule has 0 aliphatic rings. The van der Waals surface area contributed by atoms with E-state index < -0.39 is 0 Å². The van der Waals surface area contributed by atoms with E-state index in [0.717, 1.165) is 31.5 Å². The molecule has 0 saturated carbocycles. The second kappa shape index (κ2) is 7.39. The highest BCUT2D eigenvalue weighted by Crippen LogP contribution is 2.22. The van der Waals surface area contributed by atoms with Gasteiger partial charge in [-0.3, -0.25) is 0 Å². The zero-order valence-electron chi connectivity index (χ0n) is 9.27. The molecule has 0 aromatic heterocycles. The molecule has 1 atom stereocenters. The Bertz CT molecular complexity index is 328. The van der Waals surface area contributed by atoms with Crippen molar-refractivity contribution < 1.29 is 0 Å². The first-order chi connectivity index (χ1) is 7.63. The van der Waals surface area contributed by atoms with E-state index in [4.69, 9.17) is 34.8 Å². The molecule has 16 heavy (non-hydrogen) atoms. The minimum Gasteiger partial charge on any atom is -0.313 e. The molecular formula is C12H16Cl3N. The molecule has 0 saturated heterocycles. The van der Waals surface area contributed by atoms with Gasteiger partial charge in [-0.1, -0.05) is 36.2 Å². The number of halogens is 3. The number of hydrogen-bond acceptors (Lipinski definition) is 1. The molecule has 1 rings (SSSR count). The molecule has 1 N–H and O–H groups in total. The minimum absolute atomic E-state index is 0.265. The Labute approximate surface area is 112 Å². The molecule has 0 amide bonds. The lowest BCUT2D eigenvalue weighted by Crippen LogP contribution is -2.17. The first-order valence-corrected chi connectivity index (χ1v) is 6.61. The van der Waals surface area contributed by atoms with Crippen molar-refractivity contribution in [2.75, 3.05) is 6.54 Å². The molecular weight excluding hydrogens is 264 g/mol. The van der Waals surface area contributed by atoms with Gasteiger partial charge in [0.25, 0.3) is 0 Å². The molecule has 1 unspecified atom stereocenters. The molecule has 0 aliphatic carbocycles. The maximum atomic E-state index is 6.01. The maximum Gasteiger partial charge on any atom is 0.0595 e. The fourth-order valence-electron chi connectivity index (χ4n) is 1.35. The summed E-state index contributed by atoms with van der Waals surface area (Å²) in [5.74, 6) is 0. The summed E-state index contributed by atoms with van der Waals surface area (Å²) in [6.45, 7) is 3.81. The minimum atomic E-state index is 0.265. The van der Waals surface area contributed by atoms with Crippen LogP contribution in [0.1, 0.15) is 25.3 Å². The fraction of sp³-hybridized carbons (Fsp3) is 0.500. The van der Waals surface area contributed by atoms with Crippen LogP contribution in [-0.2, 0) is 6.54 Å². The molecule has 1 aromatic carbocycles. The highest BCUT2D eigenvalue weighted by Gasteiger charge is 2.01. The van der Waals surface area contributed by atoms with Crippen LogP contribution in [0, 0.1) is 0 Å². The van der Waals surface area contributed by atoms with Gasteiger partial charge >= 0.3 is 0 Å². The van der Waals surface area contributed by atoms with Crippen LogP contribution in [0.15, 0.2) is 18.2 Å². The Hall–Kier alpha value is 0.0500. The van der Waals surface area contributed by atoms with Crippen LogP contribution in [0.4, 0.5) is 0 Å². The standard InChI is InChI=1S/C12H16Cl3N/c1-2-10(13)5-6-16-8-9-3-4-11(14)12(15)7-9/h3-4,7,10,16H,2,5-6,8H2,1H3. The van der Waals surface area contributed by atoms with Gasteiger partial charge in [0.15, 0.2) is 0 Å². The lowest BCUT2D eigenvalue weighted by Gasteiger charge is -2.08. The zero-order valence-corrected chi connectivity index (χ0v) is 11.5. The summed E-state index contributed by atoms with van der Waals surface area (Å²) >= 11 is 17.8. The van der Waals surface area contributed by atoms with E-state index in [0.29, 0.717) is 10.0 Å². The summed E-state index contributed by atoms with van der Waals surface area (Å²) in [5.41, 5.74) is 1.14. The lowest BCUT2D eigenvalue weighted by atomic mass is 10.2. The first-order valence-electron chi connectivity index (χ1n) is 5.42. The second-order valence-electron chi connectivity index (χ2n) is 3.72. The van der Waals surface area contributed by atoms with E-state index in [9.17, 15) is 0 Å². The third kappa shape index (κ3) is 4.92. The third-order valence-corrected chi connectivity index (χ3v) is 3.66. The topological polar surface area (TPSA) is 12.0 Å². The SMILES string of the molecule is CCC(Cl)CCNCc1ccc(Cl)c(Cl)c1. The third-order valence-electron chi connectivity index (χ3n) is 2.39.